The third-order valence-electron chi connectivity index (χ3n) is 2.48. The van der Waals surface area contributed by atoms with Crippen molar-refractivity contribution in [2.24, 2.45) is 5.10 Å². The summed E-state index contributed by atoms with van der Waals surface area (Å²) in [4.78, 5) is 11.6. The molecule has 0 fully saturated rings. The van der Waals surface area contributed by atoms with E-state index in [-0.39, 0.29) is 18.1 Å². The normalized spacial score (nSPS) is 10.5. The summed E-state index contributed by atoms with van der Waals surface area (Å²) in [6, 6.07) is 16.1. The summed E-state index contributed by atoms with van der Waals surface area (Å²) in [7, 11) is 0. The van der Waals surface area contributed by atoms with E-state index in [4.69, 9.17) is 0 Å². The standard InChI is InChI=1S/C15H14N2O2/c18-14-8-4-7-13(9-14)10-15(19)17-16-11-12-5-2-1-3-6-12/h1-9,11,18H,10H2,(H,17,19)/b16-11-. The number of carbonyl (C=O) groups excluding carboxylic acids is 1. The Labute approximate surface area is 111 Å². The number of benzene rings is 2. The fourth-order valence-corrected chi connectivity index (χ4v) is 1.61. The molecule has 0 aliphatic heterocycles. The fourth-order valence-electron chi connectivity index (χ4n) is 1.61. The average Bonchev–Trinajstić information content (AvgIpc) is 2.40. The van der Waals surface area contributed by atoms with Crippen molar-refractivity contribution < 1.29 is 9.90 Å². The van der Waals surface area contributed by atoms with E-state index in [1.807, 2.05) is 30.3 Å². The van der Waals surface area contributed by atoms with Gasteiger partial charge in [0.1, 0.15) is 5.75 Å². The van der Waals surface area contributed by atoms with Gasteiger partial charge in [0.25, 0.3) is 0 Å². The van der Waals surface area contributed by atoms with E-state index in [0.29, 0.717) is 0 Å². The van der Waals surface area contributed by atoms with Crippen molar-refractivity contribution in [2.75, 3.05) is 0 Å². The van der Waals surface area contributed by atoms with E-state index in [1.54, 1.807) is 30.5 Å². The summed E-state index contributed by atoms with van der Waals surface area (Å²) in [6.07, 6.45) is 1.76. The second-order valence-electron chi connectivity index (χ2n) is 4.05. The number of phenolic OH excluding ortho intramolecular Hbond substituents is 1. The van der Waals surface area contributed by atoms with Gasteiger partial charge < -0.3 is 5.11 Å². The number of carbonyl (C=O) groups is 1. The van der Waals surface area contributed by atoms with E-state index in [2.05, 4.69) is 10.5 Å². The molecule has 0 aliphatic rings. The van der Waals surface area contributed by atoms with Crippen molar-refractivity contribution in [2.45, 2.75) is 6.42 Å². The van der Waals surface area contributed by atoms with Crippen LogP contribution in [0.15, 0.2) is 59.7 Å². The van der Waals surface area contributed by atoms with Gasteiger partial charge in [0, 0.05) is 0 Å². The molecule has 19 heavy (non-hydrogen) atoms. The van der Waals surface area contributed by atoms with Crippen LogP contribution in [-0.2, 0) is 11.2 Å². The van der Waals surface area contributed by atoms with Crippen LogP contribution >= 0.6 is 0 Å². The molecule has 2 rings (SSSR count). The molecule has 0 radical (unpaired) electrons. The summed E-state index contributed by atoms with van der Waals surface area (Å²) in [6.45, 7) is 0. The zero-order chi connectivity index (χ0) is 13.5. The van der Waals surface area contributed by atoms with Crippen LogP contribution < -0.4 is 5.43 Å². The summed E-state index contributed by atoms with van der Waals surface area (Å²) in [5, 5.41) is 13.2. The molecule has 4 nitrogen and oxygen atoms in total. The first-order chi connectivity index (χ1) is 9.24. The summed E-state index contributed by atoms with van der Waals surface area (Å²) >= 11 is 0. The first-order valence-corrected chi connectivity index (χ1v) is 5.89. The molecule has 0 spiro atoms. The minimum atomic E-state index is -0.224. The molecule has 2 N–H and O–H groups in total. The quantitative estimate of drug-likeness (QED) is 0.648. The Kier molecular flexibility index (Phi) is 4.29. The van der Waals surface area contributed by atoms with Crippen LogP contribution in [0.1, 0.15) is 11.1 Å². The maximum Gasteiger partial charge on any atom is 0.244 e. The Hall–Kier alpha value is -2.62. The molecule has 0 bridgehead atoms. The van der Waals surface area contributed by atoms with E-state index in [1.165, 1.54) is 0 Å². The van der Waals surface area contributed by atoms with Gasteiger partial charge in [0.15, 0.2) is 0 Å². The third kappa shape index (κ3) is 4.27. The van der Waals surface area contributed by atoms with Gasteiger partial charge in [-0.2, -0.15) is 5.10 Å². The second kappa shape index (κ2) is 6.35. The molecule has 1 amide bonds. The van der Waals surface area contributed by atoms with E-state index >= 15 is 0 Å². The van der Waals surface area contributed by atoms with Crippen molar-refractivity contribution in [1.82, 2.24) is 5.43 Å². The van der Waals surface area contributed by atoms with Crippen LogP contribution in [0.25, 0.3) is 0 Å². The van der Waals surface area contributed by atoms with Crippen molar-refractivity contribution in [1.29, 1.82) is 0 Å². The van der Waals surface area contributed by atoms with E-state index in [9.17, 15) is 9.90 Å². The Balaban J connectivity index is 1.87. The molecule has 0 aliphatic carbocycles. The van der Waals surface area contributed by atoms with Gasteiger partial charge >= 0.3 is 0 Å². The minimum Gasteiger partial charge on any atom is -0.508 e. The number of nitrogens with zero attached hydrogens (tertiary/aromatic N) is 1. The molecule has 96 valence electrons. The van der Waals surface area contributed by atoms with E-state index in [0.717, 1.165) is 11.1 Å². The lowest BCUT2D eigenvalue weighted by Gasteiger charge is -2.01. The molecule has 4 heteroatoms. The zero-order valence-corrected chi connectivity index (χ0v) is 10.3. The van der Waals surface area contributed by atoms with Gasteiger partial charge in [-0.3, -0.25) is 4.79 Å². The lowest BCUT2D eigenvalue weighted by atomic mass is 10.1. The molecule has 0 aromatic heterocycles. The predicted molar refractivity (Wildman–Crippen MR) is 74.0 cm³/mol. The molecule has 0 atom stereocenters. The number of nitrogens with one attached hydrogen (secondary N) is 1. The SMILES string of the molecule is O=C(Cc1cccc(O)c1)N/N=C\c1ccccc1. The number of hydrogen-bond acceptors (Lipinski definition) is 3. The maximum absolute atomic E-state index is 11.6. The van der Waals surface area contributed by atoms with Crippen LogP contribution in [0.3, 0.4) is 0 Å². The Bertz CT molecular complexity index is 580. The molecule has 0 heterocycles. The smallest absolute Gasteiger partial charge is 0.244 e. The summed E-state index contributed by atoms with van der Waals surface area (Å²) < 4.78 is 0. The first kappa shape index (κ1) is 12.8. The Morgan fingerprint density at radius 3 is 2.68 bits per heavy atom. The van der Waals surface area contributed by atoms with Crippen molar-refractivity contribution >= 4 is 12.1 Å². The van der Waals surface area contributed by atoms with Gasteiger partial charge in [-0.1, -0.05) is 42.5 Å². The Morgan fingerprint density at radius 1 is 1.16 bits per heavy atom. The van der Waals surface area contributed by atoms with Gasteiger partial charge in [0.2, 0.25) is 5.91 Å². The number of phenols is 1. The predicted octanol–water partition coefficient (Wildman–Crippen LogP) is 2.08. The minimum absolute atomic E-state index is 0.151. The summed E-state index contributed by atoms with van der Waals surface area (Å²) in [5.41, 5.74) is 4.11. The van der Waals surface area contributed by atoms with Gasteiger partial charge in [-0.05, 0) is 23.3 Å². The molecule has 2 aromatic carbocycles. The molecule has 0 unspecified atom stereocenters. The van der Waals surface area contributed by atoms with Crippen LogP contribution in [0, 0.1) is 0 Å². The number of amides is 1. The van der Waals surface area contributed by atoms with Crippen LogP contribution in [0.2, 0.25) is 0 Å². The van der Waals surface area contributed by atoms with E-state index < -0.39 is 0 Å². The van der Waals surface area contributed by atoms with Crippen LogP contribution in [0.4, 0.5) is 0 Å². The topological polar surface area (TPSA) is 61.7 Å². The molecular formula is C15H14N2O2. The highest BCUT2D eigenvalue weighted by Crippen LogP contribution is 2.11. The molecule has 0 saturated carbocycles. The van der Waals surface area contributed by atoms with Gasteiger partial charge in [-0.15, -0.1) is 0 Å². The zero-order valence-electron chi connectivity index (χ0n) is 10.3. The Morgan fingerprint density at radius 2 is 1.95 bits per heavy atom. The largest absolute Gasteiger partial charge is 0.508 e. The van der Waals surface area contributed by atoms with Crippen molar-refractivity contribution in [3.05, 3.63) is 65.7 Å². The average molecular weight is 254 g/mol. The lowest BCUT2D eigenvalue weighted by Crippen LogP contribution is -2.19. The lowest BCUT2D eigenvalue weighted by molar-refractivity contribution is -0.120. The highest BCUT2D eigenvalue weighted by Gasteiger charge is 2.02. The van der Waals surface area contributed by atoms with Crippen LogP contribution in [-0.4, -0.2) is 17.2 Å². The van der Waals surface area contributed by atoms with Crippen molar-refractivity contribution in [3.8, 4) is 5.75 Å². The maximum atomic E-state index is 11.6. The molecule has 0 saturated heterocycles. The number of rotatable bonds is 4. The van der Waals surface area contributed by atoms with Gasteiger partial charge in [0.05, 0.1) is 12.6 Å². The first-order valence-electron chi connectivity index (χ1n) is 5.89. The highest BCUT2D eigenvalue weighted by molar-refractivity contribution is 5.83. The summed E-state index contributed by atoms with van der Waals surface area (Å²) in [5.74, 6) is -0.0733. The third-order valence-corrected chi connectivity index (χ3v) is 2.48. The van der Waals surface area contributed by atoms with Crippen LogP contribution in [0.5, 0.6) is 5.75 Å². The van der Waals surface area contributed by atoms with Crippen molar-refractivity contribution in [3.63, 3.8) is 0 Å². The number of hydrazone groups is 1. The number of aromatic hydroxyl groups is 1. The fraction of sp³-hybridized carbons (Fsp3) is 0.0667. The monoisotopic (exact) mass is 254 g/mol. The van der Waals surface area contributed by atoms with Gasteiger partial charge in [-0.25, -0.2) is 5.43 Å². The molecular weight excluding hydrogens is 240 g/mol. The number of hydrogen-bond donors (Lipinski definition) is 2. The molecule has 2 aromatic rings. The highest BCUT2D eigenvalue weighted by atomic mass is 16.3. The second-order valence-corrected chi connectivity index (χ2v) is 4.05.